The molecular formula is C35H28F8N6O3. The Bertz CT molecular complexity index is 2130. The normalized spacial score (nSPS) is 16.4. The number of hydrogen-bond acceptors (Lipinski definition) is 6. The molecule has 0 saturated heterocycles. The molecular weight excluding hydrogens is 704 g/mol. The quantitative estimate of drug-likeness (QED) is 0.151. The Balaban J connectivity index is 1.47. The maximum absolute atomic E-state index is 15.1. The lowest BCUT2D eigenvalue weighted by molar-refractivity contribution is -0.123. The number of halogens is 8. The van der Waals surface area contributed by atoms with Crippen molar-refractivity contribution in [3.05, 3.63) is 99.4 Å². The van der Waals surface area contributed by atoms with Crippen LogP contribution >= 0.6 is 0 Å². The summed E-state index contributed by atoms with van der Waals surface area (Å²) in [5.41, 5.74) is -4.81. The second-order valence-corrected chi connectivity index (χ2v) is 12.9. The van der Waals surface area contributed by atoms with E-state index in [0.717, 1.165) is 12.1 Å². The van der Waals surface area contributed by atoms with Crippen molar-refractivity contribution in [3.8, 4) is 23.0 Å². The third-order valence-corrected chi connectivity index (χ3v) is 8.38. The van der Waals surface area contributed by atoms with Crippen LogP contribution in [0.25, 0.3) is 11.1 Å². The van der Waals surface area contributed by atoms with Gasteiger partial charge < -0.3 is 15.7 Å². The third-order valence-electron chi connectivity index (χ3n) is 8.38. The Morgan fingerprint density at radius 3 is 2.40 bits per heavy atom. The van der Waals surface area contributed by atoms with Crippen molar-refractivity contribution in [1.29, 1.82) is 0 Å². The van der Waals surface area contributed by atoms with E-state index in [1.54, 1.807) is 12.1 Å². The second kappa shape index (κ2) is 13.3. The van der Waals surface area contributed by atoms with E-state index >= 15 is 8.78 Å². The first-order valence-electron chi connectivity index (χ1n) is 15.7. The highest BCUT2D eigenvalue weighted by molar-refractivity contribution is 5.99. The van der Waals surface area contributed by atoms with E-state index in [9.17, 15) is 41.0 Å². The van der Waals surface area contributed by atoms with Gasteiger partial charge in [-0.1, -0.05) is 18.1 Å². The molecule has 2 amide bonds. The van der Waals surface area contributed by atoms with Gasteiger partial charge in [0.1, 0.15) is 35.2 Å². The summed E-state index contributed by atoms with van der Waals surface area (Å²) in [4.78, 5) is 34.8. The molecule has 52 heavy (non-hydrogen) atoms. The summed E-state index contributed by atoms with van der Waals surface area (Å²) in [6.45, 7) is 1.81. The van der Waals surface area contributed by atoms with Crippen LogP contribution in [0, 0.1) is 23.5 Å². The molecule has 9 nitrogen and oxygen atoms in total. The highest BCUT2D eigenvalue weighted by atomic mass is 19.3. The molecule has 1 unspecified atom stereocenters. The Morgan fingerprint density at radius 2 is 1.73 bits per heavy atom. The summed E-state index contributed by atoms with van der Waals surface area (Å²) in [7, 11) is 0. The summed E-state index contributed by atoms with van der Waals surface area (Å²) in [6, 6.07) is 5.91. The number of hydrogen-bond donors (Lipinski definition) is 3. The van der Waals surface area contributed by atoms with Crippen LogP contribution in [-0.4, -0.2) is 42.3 Å². The molecule has 2 aliphatic rings. The van der Waals surface area contributed by atoms with Gasteiger partial charge >= 0.3 is 0 Å². The van der Waals surface area contributed by atoms with E-state index in [2.05, 4.69) is 37.5 Å². The van der Waals surface area contributed by atoms with Gasteiger partial charge in [-0.05, 0) is 61.1 Å². The lowest BCUT2D eigenvalue weighted by Gasteiger charge is -2.29. The number of carbonyl (C=O) groups is 2. The SMILES string of the molecule is CC(C)(O)C#Cc1ncc(-c2ccc3c(c2)C(=O)NC3)c(C(Cc2cc(F)cc(F)c2)NC(=O)Cn2nc(C(F)F)c3c2C(F)(F)CCC3(F)F)n1. The lowest BCUT2D eigenvalue weighted by Crippen LogP contribution is -2.37. The fourth-order valence-corrected chi connectivity index (χ4v) is 6.13. The minimum absolute atomic E-state index is 0.0209. The summed E-state index contributed by atoms with van der Waals surface area (Å²) >= 11 is 0. The van der Waals surface area contributed by atoms with Gasteiger partial charge in [-0.3, -0.25) is 14.3 Å². The highest BCUT2D eigenvalue weighted by Gasteiger charge is 2.55. The van der Waals surface area contributed by atoms with Crippen LogP contribution in [0.2, 0.25) is 0 Å². The number of fused-ring (bicyclic) bond motifs is 2. The number of rotatable bonds is 8. The largest absolute Gasteiger partial charge is 0.378 e. The third kappa shape index (κ3) is 7.47. The van der Waals surface area contributed by atoms with Crippen LogP contribution in [0.15, 0.2) is 42.6 Å². The average molecular weight is 733 g/mol. The van der Waals surface area contributed by atoms with Gasteiger partial charge in [0.25, 0.3) is 24.2 Å². The zero-order valence-corrected chi connectivity index (χ0v) is 27.3. The number of nitrogens with one attached hydrogen (secondary N) is 2. The molecule has 3 heterocycles. The molecule has 0 bridgehead atoms. The van der Waals surface area contributed by atoms with E-state index in [0.29, 0.717) is 22.8 Å². The van der Waals surface area contributed by atoms with Gasteiger partial charge in [0.15, 0.2) is 0 Å². The highest BCUT2D eigenvalue weighted by Crippen LogP contribution is 2.52. The van der Waals surface area contributed by atoms with Gasteiger partial charge in [0.05, 0.1) is 17.3 Å². The summed E-state index contributed by atoms with van der Waals surface area (Å²) in [6.07, 6.45) is -5.61. The Morgan fingerprint density at radius 1 is 1.04 bits per heavy atom. The fraction of sp³-hybridized carbons (Fsp3) is 0.343. The topological polar surface area (TPSA) is 122 Å². The minimum Gasteiger partial charge on any atom is -0.378 e. The second-order valence-electron chi connectivity index (χ2n) is 12.9. The summed E-state index contributed by atoms with van der Waals surface area (Å²) < 4.78 is 116. The molecule has 1 aliphatic carbocycles. The predicted octanol–water partition coefficient (Wildman–Crippen LogP) is 6.00. The van der Waals surface area contributed by atoms with E-state index in [1.807, 2.05) is 0 Å². The molecule has 2 aromatic heterocycles. The number of benzene rings is 2. The van der Waals surface area contributed by atoms with Crippen LogP contribution < -0.4 is 10.6 Å². The molecule has 1 atom stereocenters. The first-order chi connectivity index (χ1) is 24.3. The van der Waals surface area contributed by atoms with Crippen molar-refractivity contribution in [2.75, 3.05) is 0 Å². The molecule has 0 saturated carbocycles. The van der Waals surface area contributed by atoms with E-state index in [-0.39, 0.29) is 39.8 Å². The molecule has 0 fully saturated rings. The first kappa shape index (κ1) is 36.4. The number of aromatic nitrogens is 4. The maximum Gasteiger partial charge on any atom is 0.290 e. The van der Waals surface area contributed by atoms with Crippen LogP contribution in [0.4, 0.5) is 35.1 Å². The molecule has 2 aromatic carbocycles. The summed E-state index contributed by atoms with van der Waals surface area (Å²) in [5.74, 6) is -6.71. The van der Waals surface area contributed by atoms with Crippen molar-refractivity contribution in [1.82, 2.24) is 30.4 Å². The standard InChI is InChI=1S/C35H28F8N6O3/c1-33(2,52)6-5-25-44-15-23(18-3-4-19-14-45-32(51)22(19)12-18)28(47-25)24(11-17-9-20(36)13-21(37)10-17)46-26(50)16-49-30-27(29(48-49)31(38)39)34(40,41)7-8-35(30,42)43/h3-4,9-10,12-13,15,24,31,52H,7-8,11,14,16H2,1-2H3,(H,45,51)(H,46,50). The molecule has 3 N–H and O–H groups in total. The molecule has 272 valence electrons. The number of alkyl halides is 6. The Kier molecular flexibility index (Phi) is 9.32. The zero-order valence-electron chi connectivity index (χ0n) is 27.3. The van der Waals surface area contributed by atoms with Crippen LogP contribution in [0.5, 0.6) is 0 Å². The van der Waals surface area contributed by atoms with Crippen molar-refractivity contribution < 1.29 is 49.8 Å². The van der Waals surface area contributed by atoms with Crippen molar-refractivity contribution >= 4 is 11.8 Å². The molecule has 17 heteroatoms. The van der Waals surface area contributed by atoms with E-state index in [1.165, 1.54) is 26.1 Å². The number of aliphatic hydroxyl groups is 1. The smallest absolute Gasteiger partial charge is 0.290 e. The monoisotopic (exact) mass is 732 g/mol. The number of amides is 2. The summed E-state index contributed by atoms with van der Waals surface area (Å²) in [5, 5.41) is 18.6. The average Bonchev–Trinajstić information content (AvgIpc) is 3.63. The Hall–Kier alpha value is -5.37. The lowest BCUT2D eigenvalue weighted by atomic mass is 9.89. The number of carbonyl (C=O) groups excluding carboxylic acids is 2. The first-order valence-corrected chi connectivity index (χ1v) is 15.7. The predicted molar refractivity (Wildman–Crippen MR) is 167 cm³/mol. The molecule has 1 aliphatic heterocycles. The number of nitrogens with zero attached hydrogens (tertiary/aromatic N) is 4. The van der Waals surface area contributed by atoms with Gasteiger partial charge in [-0.2, -0.15) is 13.9 Å². The van der Waals surface area contributed by atoms with Gasteiger partial charge in [-0.15, -0.1) is 0 Å². The molecule has 6 rings (SSSR count). The van der Waals surface area contributed by atoms with Crippen molar-refractivity contribution in [3.63, 3.8) is 0 Å². The zero-order chi connectivity index (χ0) is 37.7. The van der Waals surface area contributed by atoms with Crippen molar-refractivity contribution in [2.45, 2.75) is 76.1 Å². The van der Waals surface area contributed by atoms with Crippen molar-refractivity contribution in [2.24, 2.45) is 0 Å². The minimum atomic E-state index is -4.08. The fourth-order valence-electron chi connectivity index (χ4n) is 6.13. The van der Waals surface area contributed by atoms with E-state index < -0.39 is 90.2 Å². The molecule has 4 aromatic rings. The van der Waals surface area contributed by atoms with Gasteiger partial charge in [0.2, 0.25) is 11.7 Å². The van der Waals surface area contributed by atoms with Gasteiger partial charge in [-0.25, -0.2) is 36.3 Å². The van der Waals surface area contributed by atoms with Crippen LogP contribution in [-0.2, 0) is 36.1 Å². The van der Waals surface area contributed by atoms with Crippen LogP contribution in [0.1, 0.15) is 89.1 Å². The Labute approximate surface area is 290 Å². The molecule has 0 radical (unpaired) electrons. The maximum atomic E-state index is 15.1. The molecule has 0 spiro atoms. The van der Waals surface area contributed by atoms with Gasteiger partial charge in [0, 0.05) is 42.8 Å². The van der Waals surface area contributed by atoms with Crippen LogP contribution in [0.3, 0.4) is 0 Å². The van der Waals surface area contributed by atoms with E-state index in [4.69, 9.17) is 0 Å².